The molecule has 0 saturated carbocycles. The molecular formula is C75H48N6Si2. The van der Waals surface area contributed by atoms with Gasteiger partial charge in [0.2, 0.25) is 5.95 Å². The molecule has 0 saturated heterocycles. The Labute approximate surface area is 502 Å². The van der Waals surface area contributed by atoms with Crippen molar-refractivity contribution in [1.29, 1.82) is 0 Å². The van der Waals surface area contributed by atoms with Crippen LogP contribution in [-0.4, -0.2) is 44.8 Å². The lowest BCUT2D eigenvalue weighted by atomic mass is 10.1. The minimum Gasteiger partial charge on any atom is -0.309 e. The highest BCUT2D eigenvalue weighted by atomic mass is 28.3. The predicted molar refractivity (Wildman–Crippen MR) is 348 cm³/mol. The molecule has 0 amide bonds. The highest BCUT2D eigenvalue weighted by Crippen LogP contribution is 2.38. The molecule has 6 nitrogen and oxygen atoms in total. The molecule has 0 aliphatic carbocycles. The number of rotatable bonds is 7. The molecule has 0 bridgehead atoms. The lowest BCUT2D eigenvalue weighted by Crippen LogP contribution is -2.76. The number of benzene rings is 12. The molecule has 2 unspecified atom stereocenters. The molecule has 2 aliphatic heterocycles. The second-order valence-corrected chi connectivity index (χ2v) is 28.2. The lowest BCUT2D eigenvalue weighted by molar-refractivity contribution is 0.953. The zero-order valence-corrected chi connectivity index (χ0v) is 45.7. The van der Waals surface area contributed by atoms with Gasteiger partial charge in [-0.2, -0.15) is 9.97 Å². The molecule has 4 aromatic heterocycles. The van der Waals surface area contributed by atoms with E-state index in [-0.39, 0.29) is 21.1 Å². The van der Waals surface area contributed by atoms with Gasteiger partial charge in [0.05, 0.1) is 55.0 Å². The number of para-hydroxylation sites is 8. The maximum absolute atomic E-state index is 11.0. The summed E-state index contributed by atoms with van der Waals surface area (Å²) in [5.74, 6) is -1.73. The van der Waals surface area contributed by atoms with Crippen molar-refractivity contribution in [3.63, 3.8) is 0 Å². The molecule has 0 fully saturated rings. The Morgan fingerprint density at radius 2 is 0.699 bits per heavy atom. The van der Waals surface area contributed by atoms with Gasteiger partial charge >= 0.3 is 0 Å². The van der Waals surface area contributed by atoms with Crippen molar-refractivity contribution in [3.05, 3.63) is 291 Å². The second kappa shape index (κ2) is 17.5. The van der Waals surface area contributed by atoms with Crippen molar-refractivity contribution in [3.8, 4) is 40.1 Å². The van der Waals surface area contributed by atoms with Crippen LogP contribution in [0.2, 0.25) is 0 Å². The van der Waals surface area contributed by atoms with Gasteiger partial charge in [0, 0.05) is 54.8 Å². The van der Waals surface area contributed by atoms with E-state index < -0.39 is 153 Å². The zero-order valence-electron chi connectivity index (χ0n) is 59.7. The summed E-state index contributed by atoms with van der Waals surface area (Å²) in [4.78, 5) is 15.3. The molecule has 386 valence electrons. The molecule has 83 heavy (non-hydrogen) atoms. The Kier molecular flexibility index (Phi) is 7.02. The number of nitrogens with zero attached hydrogens (tertiary/aromatic N) is 6. The van der Waals surface area contributed by atoms with Gasteiger partial charge in [0.25, 0.3) is 0 Å². The summed E-state index contributed by atoms with van der Waals surface area (Å²) >= 11 is 0. The summed E-state index contributed by atoms with van der Waals surface area (Å²) in [7, 11) is -8.35. The van der Waals surface area contributed by atoms with E-state index in [1.54, 1.807) is 0 Å². The molecule has 0 N–H and O–H groups in total. The van der Waals surface area contributed by atoms with Crippen LogP contribution in [0.25, 0.3) is 106 Å². The molecule has 6 heterocycles. The van der Waals surface area contributed by atoms with Gasteiger partial charge in [0.15, 0.2) is 27.8 Å². The van der Waals surface area contributed by atoms with Crippen LogP contribution in [-0.2, 0) is 0 Å². The summed E-state index contributed by atoms with van der Waals surface area (Å²) in [6, 6.07) is 52.8. The van der Waals surface area contributed by atoms with Crippen LogP contribution in [0.1, 0.15) is 21.9 Å². The quantitative estimate of drug-likeness (QED) is 0.149. The minimum atomic E-state index is -4.18. The van der Waals surface area contributed by atoms with Crippen molar-refractivity contribution in [2.24, 2.45) is 0 Å². The van der Waals surface area contributed by atoms with Crippen molar-refractivity contribution >= 4 is 123 Å². The van der Waals surface area contributed by atoms with E-state index in [2.05, 4.69) is 21.3 Å². The van der Waals surface area contributed by atoms with Crippen molar-refractivity contribution in [2.75, 3.05) is 0 Å². The highest BCUT2D eigenvalue weighted by Gasteiger charge is 2.49. The average molecular weight is 1110 g/mol. The summed E-state index contributed by atoms with van der Waals surface area (Å²) in [6.45, 7) is 0. The summed E-state index contributed by atoms with van der Waals surface area (Å²) in [5.41, 5.74) is 3.37. The van der Waals surface area contributed by atoms with Crippen LogP contribution in [0, 0.1) is 0 Å². The van der Waals surface area contributed by atoms with Gasteiger partial charge in [-0.3, -0.25) is 4.57 Å². The average Bonchev–Trinajstić information content (AvgIpc) is 1.67. The van der Waals surface area contributed by atoms with Gasteiger partial charge in [-0.15, -0.1) is 0 Å². The molecular weight excluding hydrogens is 1040 g/mol. The van der Waals surface area contributed by atoms with Crippen LogP contribution in [0.3, 0.4) is 0 Å². The topological polar surface area (TPSA) is 53.5 Å². The Hall–Kier alpha value is -10.5. The third-order valence-electron chi connectivity index (χ3n) is 17.0. The van der Waals surface area contributed by atoms with Crippen molar-refractivity contribution in [1.82, 2.24) is 28.7 Å². The Morgan fingerprint density at radius 3 is 1.19 bits per heavy atom. The molecule has 12 aromatic carbocycles. The molecule has 8 heteroatoms. The number of hydrogen-bond acceptors (Lipinski definition) is 3. The van der Waals surface area contributed by atoms with E-state index in [4.69, 9.17) is 20.4 Å². The largest absolute Gasteiger partial charge is 0.309 e. The molecule has 16 aromatic rings. The van der Waals surface area contributed by atoms with Crippen molar-refractivity contribution in [2.45, 2.75) is 0 Å². The van der Waals surface area contributed by atoms with E-state index in [9.17, 15) is 16.4 Å². The van der Waals surface area contributed by atoms with Crippen LogP contribution in [0.5, 0.6) is 0 Å². The standard InChI is InChI=1S/C75H48N6Si2/c1-3-25-51(26-4-1)82(67-43-17-15-41-65(67)79-61-37-11-9-33-57(61)59-35-21-45-69(82)71(59)79)53-29-19-23-49(47-53)73-76-74(78-75(77-73)81-63-39-13-7-31-55(63)56-32-8-14-40-64(56)81)50-24-20-30-54(48-50)83(52-27-5-2-6-28-52)68-44-18-16-42-66(68)80-62-38-12-10-34-58(62)60-36-22-46-70(83)72(60)80/h1-48H/i7D,8D,13D,14D,19D,20D,23D,24D,29D,30D,31D,32D,39D,40D,47D,48D. The molecule has 18 rings (SSSR count). The minimum absolute atomic E-state index is 0.0831. The zero-order chi connectivity index (χ0) is 68.3. The molecule has 0 spiro atoms. The highest BCUT2D eigenvalue weighted by molar-refractivity contribution is 7.22. The van der Waals surface area contributed by atoms with Gasteiger partial charge in [-0.05, 0) is 77.8 Å². The monoisotopic (exact) mass is 1100 g/mol. The lowest BCUT2D eigenvalue weighted by Gasteiger charge is -2.40. The second-order valence-electron chi connectivity index (χ2n) is 20.9. The fourth-order valence-electron chi connectivity index (χ4n) is 13.8. The molecule has 2 aliphatic rings. The fourth-order valence-corrected chi connectivity index (χ4v) is 23.6. The summed E-state index contributed by atoms with van der Waals surface area (Å²) in [6.07, 6.45) is 0. The smallest absolute Gasteiger partial charge is 0.238 e. The van der Waals surface area contributed by atoms with Crippen LogP contribution in [0.4, 0.5) is 0 Å². The summed E-state index contributed by atoms with van der Waals surface area (Å²) in [5, 5.41) is 7.77. The number of aromatic nitrogens is 6. The Morgan fingerprint density at radius 1 is 0.289 bits per heavy atom. The van der Waals surface area contributed by atoms with Gasteiger partial charge in [0.1, 0.15) is 0 Å². The first-order valence-electron chi connectivity index (χ1n) is 35.2. The number of hydrogen-bond donors (Lipinski definition) is 0. The van der Waals surface area contributed by atoms with E-state index in [1.165, 1.54) is 0 Å². The first-order chi connectivity index (χ1) is 47.9. The van der Waals surface area contributed by atoms with E-state index in [0.717, 1.165) is 90.7 Å². The van der Waals surface area contributed by atoms with Crippen molar-refractivity contribution < 1.29 is 21.9 Å². The van der Waals surface area contributed by atoms with Gasteiger partial charge in [-0.25, -0.2) is 4.98 Å². The van der Waals surface area contributed by atoms with Gasteiger partial charge < -0.3 is 9.13 Å². The van der Waals surface area contributed by atoms with Crippen LogP contribution < -0.4 is 41.5 Å². The van der Waals surface area contributed by atoms with E-state index >= 15 is 0 Å². The third-order valence-corrected chi connectivity index (χ3v) is 26.3. The van der Waals surface area contributed by atoms with E-state index in [1.807, 2.05) is 182 Å². The number of fused-ring (bicyclic) bond motifs is 13. The fraction of sp³-hybridized carbons (Fsp3) is 0. The maximum atomic E-state index is 11.0. The van der Waals surface area contributed by atoms with Gasteiger partial charge in [-0.1, -0.05) is 254 Å². The molecule has 2 atom stereocenters. The first-order valence-corrected chi connectivity index (χ1v) is 31.2. The van der Waals surface area contributed by atoms with Crippen LogP contribution in [0.15, 0.2) is 291 Å². The third kappa shape index (κ3) is 6.22. The predicted octanol–water partition coefficient (Wildman–Crippen LogP) is 11.9. The Balaban J connectivity index is 1.02. The van der Waals surface area contributed by atoms with E-state index in [0.29, 0.717) is 0 Å². The summed E-state index contributed by atoms with van der Waals surface area (Å²) < 4.78 is 163. The SMILES string of the molecule is [2H]c1c([2H])c(-c2nc(-c3c([2H])c([2H])c([2H])c([Si]4(c5ccccc5)c5ccccc5-n5c6ccccc6c6cccc4c65)c3[2H])nc(-n3c4c([2H])c([2H])c([2H])c([2H])c4c4c([2H])c([2H])c([2H])c([2H])c43)n2)c([2H])c([Si]2(c3ccccc3)c3ccccc3-n3c4ccccc4c4cccc2c43)c1[2H]. The maximum Gasteiger partial charge on any atom is 0.238 e. The molecule has 0 radical (unpaired) electrons. The first kappa shape index (κ1) is 33.3. The Bertz CT molecular complexity index is 5980. The van der Waals surface area contributed by atoms with Crippen LogP contribution >= 0.6 is 0 Å². The normalized spacial score (nSPS) is 18.7.